The number of nitrogens with one attached hydrogen (secondary N) is 2. The molecule has 3 aromatic rings. The Kier molecular flexibility index (Phi) is 6.43. The monoisotopic (exact) mass is 430 g/mol. The van der Waals surface area contributed by atoms with Crippen LogP contribution < -0.4 is 10.6 Å². The van der Waals surface area contributed by atoms with Gasteiger partial charge in [-0.1, -0.05) is 44.5 Å². The Morgan fingerprint density at radius 3 is 2.60 bits per heavy atom. The van der Waals surface area contributed by atoms with Crippen molar-refractivity contribution in [1.82, 2.24) is 15.1 Å². The van der Waals surface area contributed by atoms with E-state index in [1.807, 2.05) is 18.2 Å². The first-order valence-electron chi connectivity index (χ1n) is 9.47. The summed E-state index contributed by atoms with van der Waals surface area (Å²) in [6.45, 7) is 5.99. The average Bonchev–Trinajstić information content (AvgIpc) is 3.11. The Labute approximate surface area is 179 Å². The molecular formula is C22H24ClFN4O2. The summed E-state index contributed by atoms with van der Waals surface area (Å²) in [6.07, 6.45) is 0. The van der Waals surface area contributed by atoms with Crippen LogP contribution in [0.5, 0.6) is 0 Å². The first kappa shape index (κ1) is 21.8. The summed E-state index contributed by atoms with van der Waals surface area (Å²) in [6, 6.07) is 12.9. The highest BCUT2D eigenvalue weighted by Crippen LogP contribution is 2.24. The molecule has 0 atom stereocenters. The van der Waals surface area contributed by atoms with Crippen molar-refractivity contribution in [3.05, 3.63) is 76.3 Å². The Hall–Kier alpha value is -2.90. The van der Waals surface area contributed by atoms with Crippen molar-refractivity contribution in [2.75, 3.05) is 5.32 Å². The van der Waals surface area contributed by atoms with Crippen LogP contribution in [0.3, 0.4) is 0 Å². The number of carbonyl (C=O) groups is 1. The second-order valence-corrected chi connectivity index (χ2v) is 8.37. The number of benzene rings is 2. The van der Waals surface area contributed by atoms with Crippen molar-refractivity contribution in [1.29, 1.82) is 0 Å². The standard InChI is InChI=1S/C22H24ClFN4O2/c1-22(2,3)20-11-18(28(27-20)17-6-4-5-15(23)9-17)12-25-21(30)26-16-8-7-14(13-29)19(24)10-16/h4-11,29H,12-13H2,1-3H3,(H2,25,26,30). The third-order valence-corrected chi connectivity index (χ3v) is 4.75. The summed E-state index contributed by atoms with van der Waals surface area (Å²) in [4.78, 5) is 12.3. The second kappa shape index (κ2) is 8.85. The van der Waals surface area contributed by atoms with Gasteiger partial charge in [0.15, 0.2) is 0 Å². The highest BCUT2D eigenvalue weighted by atomic mass is 35.5. The Bertz CT molecular complexity index is 1060. The van der Waals surface area contributed by atoms with Crippen LogP contribution in [0.4, 0.5) is 14.9 Å². The minimum atomic E-state index is -0.579. The smallest absolute Gasteiger partial charge is 0.319 e. The summed E-state index contributed by atoms with van der Waals surface area (Å²) in [5.74, 6) is -0.579. The molecule has 1 heterocycles. The first-order valence-corrected chi connectivity index (χ1v) is 9.84. The van der Waals surface area contributed by atoms with E-state index in [0.29, 0.717) is 10.7 Å². The molecule has 0 spiro atoms. The van der Waals surface area contributed by atoms with Gasteiger partial charge >= 0.3 is 6.03 Å². The third-order valence-electron chi connectivity index (χ3n) is 4.52. The van der Waals surface area contributed by atoms with E-state index in [1.54, 1.807) is 16.8 Å². The SMILES string of the molecule is CC(C)(C)c1cc(CNC(=O)Nc2ccc(CO)c(F)c2)n(-c2cccc(Cl)c2)n1. The number of hydrogen-bond acceptors (Lipinski definition) is 3. The summed E-state index contributed by atoms with van der Waals surface area (Å²) < 4.78 is 15.5. The third kappa shape index (κ3) is 5.17. The number of aliphatic hydroxyl groups is 1. The van der Waals surface area contributed by atoms with Crippen molar-refractivity contribution in [2.45, 2.75) is 39.3 Å². The molecule has 2 amide bonds. The predicted octanol–water partition coefficient (Wildman–Crippen LogP) is 4.78. The number of hydrogen-bond donors (Lipinski definition) is 3. The van der Waals surface area contributed by atoms with Crippen molar-refractivity contribution in [2.24, 2.45) is 0 Å². The Morgan fingerprint density at radius 1 is 1.20 bits per heavy atom. The highest BCUT2D eigenvalue weighted by Gasteiger charge is 2.21. The van der Waals surface area contributed by atoms with Gasteiger partial charge < -0.3 is 15.7 Å². The maximum Gasteiger partial charge on any atom is 0.319 e. The highest BCUT2D eigenvalue weighted by molar-refractivity contribution is 6.30. The van der Waals surface area contributed by atoms with E-state index >= 15 is 0 Å². The lowest BCUT2D eigenvalue weighted by Gasteiger charge is -2.14. The molecule has 0 radical (unpaired) electrons. The molecule has 0 unspecified atom stereocenters. The van der Waals surface area contributed by atoms with Gasteiger partial charge in [0.25, 0.3) is 0 Å². The van der Waals surface area contributed by atoms with Gasteiger partial charge in [0, 0.05) is 21.7 Å². The van der Waals surface area contributed by atoms with E-state index in [1.165, 1.54) is 18.2 Å². The summed E-state index contributed by atoms with van der Waals surface area (Å²) in [5, 5.41) is 19.7. The van der Waals surface area contributed by atoms with Gasteiger partial charge in [0.1, 0.15) is 5.82 Å². The van der Waals surface area contributed by atoms with Crippen molar-refractivity contribution in [3.63, 3.8) is 0 Å². The maximum atomic E-state index is 13.8. The lowest BCUT2D eigenvalue weighted by atomic mass is 9.92. The fraction of sp³-hybridized carbons (Fsp3) is 0.273. The molecule has 0 aliphatic heterocycles. The van der Waals surface area contributed by atoms with Crippen LogP contribution in [0.25, 0.3) is 5.69 Å². The van der Waals surface area contributed by atoms with Gasteiger partial charge in [-0.3, -0.25) is 0 Å². The van der Waals surface area contributed by atoms with Crippen molar-refractivity contribution in [3.8, 4) is 5.69 Å². The number of amides is 2. The number of halogens is 2. The average molecular weight is 431 g/mol. The Balaban J connectivity index is 1.77. The molecule has 0 aliphatic rings. The van der Waals surface area contributed by atoms with E-state index in [0.717, 1.165) is 17.1 Å². The Morgan fingerprint density at radius 2 is 1.97 bits per heavy atom. The molecule has 0 saturated heterocycles. The number of aliphatic hydroxyl groups excluding tert-OH is 1. The first-order chi connectivity index (χ1) is 14.2. The zero-order chi connectivity index (χ0) is 21.9. The van der Waals surface area contributed by atoms with Crippen LogP contribution in [0.2, 0.25) is 5.02 Å². The molecular weight excluding hydrogens is 407 g/mol. The number of nitrogens with zero attached hydrogens (tertiary/aromatic N) is 2. The van der Waals surface area contributed by atoms with E-state index in [2.05, 4.69) is 31.4 Å². The van der Waals surface area contributed by atoms with Gasteiger partial charge in [-0.05, 0) is 36.4 Å². The molecule has 3 rings (SSSR count). The number of anilines is 1. The molecule has 0 fully saturated rings. The van der Waals surface area contributed by atoms with Gasteiger partial charge in [0.05, 0.1) is 30.2 Å². The van der Waals surface area contributed by atoms with Gasteiger partial charge in [-0.15, -0.1) is 0 Å². The van der Waals surface area contributed by atoms with Crippen LogP contribution >= 0.6 is 11.6 Å². The fourth-order valence-electron chi connectivity index (χ4n) is 2.84. The van der Waals surface area contributed by atoms with Crippen molar-refractivity contribution >= 4 is 23.3 Å². The number of rotatable bonds is 5. The minimum Gasteiger partial charge on any atom is -0.392 e. The molecule has 2 aromatic carbocycles. The van der Waals surface area contributed by atoms with E-state index in [-0.39, 0.29) is 17.5 Å². The fourth-order valence-corrected chi connectivity index (χ4v) is 3.03. The molecule has 6 nitrogen and oxygen atoms in total. The van der Waals surface area contributed by atoms with Crippen LogP contribution in [-0.2, 0) is 18.6 Å². The quantitative estimate of drug-likeness (QED) is 0.545. The lowest BCUT2D eigenvalue weighted by molar-refractivity contribution is 0.251. The van der Waals surface area contributed by atoms with Crippen LogP contribution in [0.1, 0.15) is 37.7 Å². The molecule has 0 bridgehead atoms. The molecule has 1 aromatic heterocycles. The normalized spacial score (nSPS) is 11.4. The van der Waals surface area contributed by atoms with Gasteiger partial charge in [-0.2, -0.15) is 5.10 Å². The minimum absolute atomic E-state index is 0.168. The molecule has 0 aliphatic carbocycles. The van der Waals surface area contributed by atoms with E-state index in [4.69, 9.17) is 21.8 Å². The van der Waals surface area contributed by atoms with E-state index < -0.39 is 18.5 Å². The van der Waals surface area contributed by atoms with E-state index in [9.17, 15) is 9.18 Å². The van der Waals surface area contributed by atoms with Crippen LogP contribution in [-0.4, -0.2) is 20.9 Å². The molecule has 158 valence electrons. The summed E-state index contributed by atoms with van der Waals surface area (Å²) >= 11 is 6.13. The van der Waals surface area contributed by atoms with Crippen LogP contribution in [0.15, 0.2) is 48.5 Å². The second-order valence-electron chi connectivity index (χ2n) is 7.93. The van der Waals surface area contributed by atoms with Crippen LogP contribution in [0, 0.1) is 5.82 Å². The molecule has 30 heavy (non-hydrogen) atoms. The zero-order valence-corrected chi connectivity index (χ0v) is 17.8. The molecule has 0 saturated carbocycles. The number of aromatic nitrogens is 2. The summed E-state index contributed by atoms with van der Waals surface area (Å²) in [5.41, 5.74) is 2.73. The topological polar surface area (TPSA) is 79.2 Å². The lowest BCUT2D eigenvalue weighted by Crippen LogP contribution is -2.29. The molecule has 3 N–H and O–H groups in total. The number of carbonyl (C=O) groups excluding carboxylic acids is 1. The van der Waals surface area contributed by atoms with Gasteiger partial charge in [0.2, 0.25) is 0 Å². The van der Waals surface area contributed by atoms with Gasteiger partial charge in [-0.25, -0.2) is 13.9 Å². The largest absolute Gasteiger partial charge is 0.392 e. The van der Waals surface area contributed by atoms with Crippen molar-refractivity contribution < 1.29 is 14.3 Å². The summed E-state index contributed by atoms with van der Waals surface area (Å²) in [7, 11) is 0. The predicted molar refractivity (Wildman–Crippen MR) is 115 cm³/mol. The maximum absolute atomic E-state index is 13.8. The molecule has 8 heteroatoms. The zero-order valence-electron chi connectivity index (χ0n) is 17.0. The number of urea groups is 1.